The molecule has 0 heterocycles. The summed E-state index contributed by atoms with van der Waals surface area (Å²) in [6.45, 7) is 3.60. The number of rotatable bonds is 5. The summed E-state index contributed by atoms with van der Waals surface area (Å²) in [5, 5.41) is 38.4. The Morgan fingerprint density at radius 2 is 2.14 bits per heavy atom. The molecule has 0 amide bonds. The first kappa shape index (κ1) is 17.5. The molecule has 0 radical (unpaired) electrons. The van der Waals surface area contributed by atoms with Crippen LogP contribution < -0.4 is 0 Å². The summed E-state index contributed by atoms with van der Waals surface area (Å²) in [6.07, 6.45) is 7.98. The van der Waals surface area contributed by atoms with Gasteiger partial charge in [0.15, 0.2) is 0 Å². The molecule has 0 fully saturated rings. The average molecular weight is 310 g/mol. The zero-order valence-corrected chi connectivity index (χ0v) is 13.1. The Hall–Kier alpha value is -1.59. The second-order valence-electron chi connectivity index (χ2n) is 4.79. The quantitative estimate of drug-likeness (QED) is 0.455. The number of hydrogen-bond acceptors (Lipinski definition) is 5. The van der Waals surface area contributed by atoms with Crippen molar-refractivity contribution in [2.24, 2.45) is 0 Å². The SMILES string of the molecule is CC/C(O)=C\C(O)=C(/C)CS/C1=C/C=C\C(O)/C=C(/O)C1. The summed E-state index contributed by atoms with van der Waals surface area (Å²) in [5.74, 6) is 0.882. The lowest BCUT2D eigenvalue weighted by Crippen LogP contribution is -2.01. The molecular weight excluding hydrogens is 288 g/mol. The Kier molecular flexibility index (Phi) is 7.19. The van der Waals surface area contributed by atoms with Gasteiger partial charge < -0.3 is 20.4 Å². The lowest BCUT2D eigenvalue weighted by Gasteiger charge is -2.10. The molecular formula is C16H22O4S. The lowest BCUT2D eigenvalue weighted by atomic mass is 10.2. The number of thioether (sulfide) groups is 1. The topological polar surface area (TPSA) is 80.9 Å². The van der Waals surface area contributed by atoms with E-state index in [0.717, 1.165) is 10.5 Å². The molecule has 4 nitrogen and oxygen atoms in total. The van der Waals surface area contributed by atoms with Crippen LogP contribution in [0.25, 0.3) is 0 Å². The highest BCUT2D eigenvalue weighted by Crippen LogP contribution is 2.27. The van der Waals surface area contributed by atoms with Gasteiger partial charge in [0.2, 0.25) is 0 Å². The molecule has 21 heavy (non-hydrogen) atoms. The summed E-state index contributed by atoms with van der Waals surface area (Å²) in [5.41, 5.74) is 0.746. The van der Waals surface area contributed by atoms with Crippen LogP contribution in [0.1, 0.15) is 26.7 Å². The van der Waals surface area contributed by atoms with E-state index in [1.807, 2.05) is 6.08 Å². The maximum atomic E-state index is 9.84. The summed E-state index contributed by atoms with van der Waals surface area (Å²) in [6, 6.07) is 0. The molecule has 1 atom stereocenters. The van der Waals surface area contributed by atoms with Gasteiger partial charge in [0, 0.05) is 24.7 Å². The maximum Gasteiger partial charge on any atom is 0.118 e. The fourth-order valence-electron chi connectivity index (χ4n) is 1.58. The molecule has 5 heteroatoms. The Bertz CT molecular complexity index is 512. The average Bonchev–Trinajstić information content (AvgIpc) is 2.41. The predicted octanol–water partition coefficient (Wildman–Crippen LogP) is 4.05. The van der Waals surface area contributed by atoms with Crippen molar-refractivity contribution in [1.82, 2.24) is 0 Å². The van der Waals surface area contributed by atoms with Crippen molar-refractivity contribution < 1.29 is 20.4 Å². The molecule has 0 spiro atoms. The first-order valence-corrected chi connectivity index (χ1v) is 7.77. The molecule has 4 N–H and O–H groups in total. The van der Waals surface area contributed by atoms with Crippen LogP contribution in [0.3, 0.4) is 0 Å². The minimum atomic E-state index is -0.763. The zero-order chi connectivity index (χ0) is 15.8. The van der Waals surface area contributed by atoms with Gasteiger partial charge in [0.1, 0.15) is 5.76 Å². The first-order chi connectivity index (χ1) is 9.92. The van der Waals surface area contributed by atoms with Gasteiger partial charge in [-0.1, -0.05) is 25.2 Å². The van der Waals surface area contributed by atoms with Gasteiger partial charge in [-0.05, 0) is 23.5 Å². The predicted molar refractivity (Wildman–Crippen MR) is 87.3 cm³/mol. The van der Waals surface area contributed by atoms with Crippen LogP contribution in [0.4, 0.5) is 0 Å². The second kappa shape index (κ2) is 8.64. The molecule has 0 aromatic rings. The summed E-state index contributed by atoms with van der Waals surface area (Å²) in [4.78, 5) is 0.933. The van der Waals surface area contributed by atoms with Crippen molar-refractivity contribution in [2.45, 2.75) is 32.8 Å². The molecule has 0 saturated heterocycles. The van der Waals surface area contributed by atoms with Gasteiger partial charge >= 0.3 is 0 Å². The molecule has 0 saturated carbocycles. The molecule has 0 aliphatic heterocycles. The molecule has 1 rings (SSSR count). The van der Waals surface area contributed by atoms with Crippen LogP contribution >= 0.6 is 11.8 Å². The highest BCUT2D eigenvalue weighted by molar-refractivity contribution is 8.03. The van der Waals surface area contributed by atoms with E-state index in [-0.39, 0.29) is 17.3 Å². The Morgan fingerprint density at radius 1 is 1.43 bits per heavy atom. The van der Waals surface area contributed by atoms with Crippen molar-refractivity contribution in [2.75, 3.05) is 5.75 Å². The second-order valence-corrected chi connectivity index (χ2v) is 5.89. The summed E-state index contributed by atoms with van der Waals surface area (Å²) in [7, 11) is 0. The van der Waals surface area contributed by atoms with Crippen molar-refractivity contribution in [3.8, 4) is 0 Å². The standard InChI is InChI=1S/C16H22O4S/c1-3-12(17)9-16(20)11(2)10-21-15-6-4-5-13(18)7-14(19)8-15/h4-7,9,13,17-20H,3,8,10H2,1-2H3/b5-4-,12-9+,14-7+,15-6+,16-11-. The Balaban J connectivity index is 2.70. The fourth-order valence-corrected chi connectivity index (χ4v) is 2.56. The van der Waals surface area contributed by atoms with Crippen molar-refractivity contribution in [3.63, 3.8) is 0 Å². The number of allylic oxidation sites excluding steroid dienone is 5. The van der Waals surface area contributed by atoms with Crippen LogP contribution in [0, 0.1) is 0 Å². The van der Waals surface area contributed by atoms with Crippen molar-refractivity contribution in [1.29, 1.82) is 0 Å². The van der Waals surface area contributed by atoms with Gasteiger partial charge in [-0.15, -0.1) is 11.8 Å². The van der Waals surface area contributed by atoms with E-state index >= 15 is 0 Å². The van der Waals surface area contributed by atoms with Gasteiger partial charge in [-0.2, -0.15) is 0 Å². The van der Waals surface area contributed by atoms with Gasteiger partial charge in [0.05, 0.1) is 17.6 Å². The van der Waals surface area contributed by atoms with Crippen LogP contribution in [-0.4, -0.2) is 32.3 Å². The Morgan fingerprint density at radius 3 is 2.81 bits per heavy atom. The van der Waals surface area contributed by atoms with Crippen LogP contribution in [0.15, 0.2) is 58.1 Å². The summed E-state index contributed by atoms with van der Waals surface area (Å²) >= 11 is 1.49. The minimum absolute atomic E-state index is 0.0685. The highest BCUT2D eigenvalue weighted by Gasteiger charge is 2.08. The van der Waals surface area contributed by atoms with E-state index in [1.165, 1.54) is 23.9 Å². The molecule has 1 unspecified atom stereocenters. The molecule has 1 aliphatic carbocycles. The largest absolute Gasteiger partial charge is 0.512 e. The minimum Gasteiger partial charge on any atom is -0.512 e. The monoisotopic (exact) mass is 310 g/mol. The molecule has 0 aromatic carbocycles. The number of aliphatic hydroxyl groups is 4. The Labute approximate surface area is 129 Å². The van der Waals surface area contributed by atoms with Crippen LogP contribution in [-0.2, 0) is 0 Å². The number of hydrogen-bond donors (Lipinski definition) is 4. The van der Waals surface area contributed by atoms with E-state index in [4.69, 9.17) is 0 Å². The molecule has 116 valence electrons. The van der Waals surface area contributed by atoms with E-state index in [1.54, 1.807) is 26.0 Å². The third kappa shape index (κ3) is 6.60. The van der Waals surface area contributed by atoms with E-state index in [9.17, 15) is 20.4 Å². The normalized spacial score (nSPS) is 27.6. The lowest BCUT2D eigenvalue weighted by molar-refractivity contribution is 0.262. The summed E-state index contributed by atoms with van der Waals surface area (Å²) < 4.78 is 0. The van der Waals surface area contributed by atoms with Gasteiger partial charge in [0.25, 0.3) is 0 Å². The van der Waals surface area contributed by atoms with Crippen molar-refractivity contribution >= 4 is 11.8 Å². The van der Waals surface area contributed by atoms with Gasteiger partial charge in [-0.3, -0.25) is 0 Å². The smallest absolute Gasteiger partial charge is 0.118 e. The van der Waals surface area contributed by atoms with Gasteiger partial charge in [-0.25, -0.2) is 0 Å². The fraction of sp³-hybridized carbons (Fsp3) is 0.375. The zero-order valence-electron chi connectivity index (χ0n) is 12.3. The highest BCUT2D eigenvalue weighted by atomic mass is 32.2. The van der Waals surface area contributed by atoms with E-state index in [2.05, 4.69) is 0 Å². The maximum absolute atomic E-state index is 9.84. The molecule has 1 aliphatic rings. The van der Waals surface area contributed by atoms with Crippen LogP contribution in [0.2, 0.25) is 0 Å². The molecule has 0 bridgehead atoms. The third-order valence-corrected chi connectivity index (χ3v) is 4.11. The van der Waals surface area contributed by atoms with Crippen molar-refractivity contribution in [3.05, 3.63) is 58.1 Å². The number of aliphatic hydroxyl groups excluding tert-OH is 4. The van der Waals surface area contributed by atoms with Crippen LogP contribution in [0.5, 0.6) is 0 Å². The first-order valence-electron chi connectivity index (χ1n) is 6.78. The van der Waals surface area contributed by atoms with E-state index in [0.29, 0.717) is 18.6 Å². The third-order valence-electron chi connectivity index (χ3n) is 2.89. The van der Waals surface area contributed by atoms with E-state index < -0.39 is 6.10 Å². The molecule has 0 aromatic heterocycles.